The molecule has 0 saturated carbocycles. The van der Waals surface area contributed by atoms with Crippen molar-refractivity contribution in [3.8, 4) is 0 Å². The molecule has 1 aromatic rings. The lowest BCUT2D eigenvalue weighted by molar-refractivity contribution is -0.0304. The van der Waals surface area contributed by atoms with Crippen molar-refractivity contribution in [2.45, 2.75) is 38.8 Å². The van der Waals surface area contributed by atoms with Crippen LogP contribution in [0.2, 0.25) is 0 Å². The first-order valence-corrected chi connectivity index (χ1v) is 6.88. The van der Waals surface area contributed by atoms with Gasteiger partial charge in [-0.05, 0) is 18.9 Å². The highest BCUT2D eigenvalue weighted by molar-refractivity contribution is 5.22. The van der Waals surface area contributed by atoms with Gasteiger partial charge in [0.25, 0.3) is 0 Å². The third-order valence-electron chi connectivity index (χ3n) is 3.52. The molecule has 2 atom stereocenters. The maximum atomic E-state index is 13.9. The summed E-state index contributed by atoms with van der Waals surface area (Å²) in [4.78, 5) is 0. The molecular weight excluding hydrogens is 248 g/mol. The Kier molecular flexibility index (Phi) is 4.88. The molecule has 0 bridgehead atoms. The van der Waals surface area contributed by atoms with Crippen LogP contribution in [0.3, 0.4) is 0 Å². The van der Waals surface area contributed by atoms with Gasteiger partial charge in [0.2, 0.25) is 0 Å². The first-order chi connectivity index (χ1) is 9.09. The zero-order valence-corrected chi connectivity index (χ0v) is 11.5. The van der Waals surface area contributed by atoms with E-state index in [1.807, 2.05) is 0 Å². The standard InChI is InChI=1S/C15H21F2NO/c1-10(2)18-9-11-5-4-8-19-15(11)12-6-3-7-13(16)14(12)17/h3,6-7,10-11,15,18H,4-5,8-9H2,1-2H3. The molecule has 106 valence electrons. The molecule has 0 aliphatic carbocycles. The van der Waals surface area contributed by atoms with Crippen LogP contribution in [0.15, 0.2) is 18.2 Å². The topological polar surface area (TPSA) is 21.3 Å². The number of nitrogens with one attached hydrogen (secondary N) is 1. The van der Waals surface area contributed by atoms with Crippen molar-refractivity contribution in [3.63, 3.8) is 0 Å². The molecule has 2 rings (SSSR count). The highest BCUT2D eigenvalue weighted by Gasteiger charge is 2.30. The van der Waals surface area contributed by atoms with E-state index in [4.69, 9.17) is 4.74 Å². The summed E-state index contributed by atoms with van der Waals surface area (Å²) in [5, 5.41) is 3.35. The highest BCUT2D eigenvalue weighted by atomic mass is 19.2. The van der Waals surface area contributed by atoms with E-state index in [1.165, 1.54) is 0 Å². The van der Waals surface area contributed by atoms with Crippen LogP contribution in [0.25, 0.3) is 0 Å². The van der Waals surface area contributed by atoms with Crippen molar-refractivity contribution in [2.24, 2.45) is 5.92 Å². The zero-order chi connectivity index (χ0) is 13.8. The second kappa shape index (κ2) is 6.44. The Morgan fingerprint density at radius 2 is 2.16 bits per heavy atom. The lowest BCUT2D eigenvalue weighted by Gasteiger charge is -2.33. The largest absolute Gasteiger partial charge is 0.373 e. The van der Waals surface area contributed by atoms with Crippen LogP contribution < -0.4 is 5.32 Å². The Balaban J connectivity index is 2.16. The van der Waals surface area contributed by atoms with Crippen molar-refractivity contribution in [1.29, 1.82) is 0 Å². The SMILES string of the molecule is CC(C)NCC1CCCOC1c1cccc(F)c1F. The van der Waals surface area contributed by atoms with Gasteiger partial charge in [-0.3, -0.25) is 0 Å². The maximum Gasteiger partial charge on any atom is 0.164 e. The van der Waals surface area contributed by atoms with Gasteiger partial charge in [0.05, 0.1) is 6.10 Å². The van der Waals surface area contributed by atoms with Gasteiger partial charge in [-0.15, -0.1) is 0 Å². The van der Waals surface area contributed by atoms with Crippen LogP contribution in [0.5, 0.6) is 0 Å². The summed E-state index contributed by atoms with van der Waals surface area (Å²) in [6, 6.07) is 4.68. The summed E-state index contributed by atoms with van der Waals surface area (Å²) in [7, 11) is 0. The summed E-state index contributed by atoms with van der Waals surface area (Å²) in [6.07, 6.45) is 1.59. The molecule has 0 radical (unpaired) electrons. The van der Waals surface area contributed by atoms with E-state index < -0.39 is 11.6 Å². The molecule has 1 heterocycles. The second-order valence-corrected chi connectivity index (χ2v) is 5.40. The summed E-state index contributed by atoms with van der Waals surface area (Å²) in [5.74, 6) is -1.39. The van der Waals surface area contributed by atoms with Crippen LogP contribution in [0, 0.1) is 17.6 Å². The van der Waals surface area contributed by atoms with Gasteiger partial charge in [0, 0.05) is 30.7 Å². The Morgan fingerprint density at radius 3 is 2.89 bits per heavy atom. The van der Waals surface area contributed by atoms with Crippen molar-refractivity contribution < 1.29 is 13.5 Å². The molecule has 1 aromatic carbocycles. The number of halogens is 2. The van der Waals surface area contributed by atoms with Crippen LogP contribution >= 0.6 is 0 Å². The van der Waals surface area contributed by atoms with Crippen molar-refractivity contribution in [3.05, 3.63) is 35.4 Å². The first-order valence-electron chi connectivity index (χ1n) is 6.88. The summed E-state index contributed by atoms with van der Waals surface area (Å²) in [5.41, 5.74) is 0.343. The van der Waals surface area contributed by atoms with E-state index in [9.17, 15) is 8.78 Å². The fourth-order valence-electron chi connectivity index (χ4n) is 2.52. The number of benzene rings is 1. The number of rotatable bonds is 4. The zero-order valence-electron chi connectivity index (χ0n) is 11.5. The van der Waals surface area contributed by atoms with Crippen molar-refractivity contribution >= 4 is 0 Å². The summed E-state index contributed by atoms with van der Waals surface area (Å²) >= 11 is 0. The fourth-order valence-corrected chi connectivity index (χ4v) is 2.52. The van der Waals surface area contributed by atoms with E-state index in [0.29, 0.717) is 18.2 Å². The Hall–Kier alpha value is -1.00. The average molecular weight is 269 g/mol. The lowest BCUT2D eigenvalue weighted by Crippen LogP contribution is -2.35. The first kappa shape index (κ1) is 14.4. The van der Waals surface area contributed by atoms with E-state index in [0.717, 1.165) is 25.5 Å². The molecule has 1 saturated heterocycles. The molecule has 19 heavy (non-hydrogen) atoms. The molecule has 1 fully saturated rings. The normalized spacial score (nSPS) is 23.8. The summed E-state index contributed by atoms with van der Waals surface area (Å²) < 4.78 is 32.9. The minimum Gasteiger partial charge on any atom is -0.373 e. The van der Waals surface area contributed by atoms with Gasteiger partial charge in [0.1, 0.15) is 0 Å². The monoisotopic (exact) mass is 269 g/mol. The average Bonchev–Trinajstić information content (AvgIpc) is 2.40. The van der Waals surface area contributed by atoms with Crippen LogP contribution in [-0.2, 0) is 4.74 Å². The Morgan fingerprint density at radius 1 is 1.37 bits per heavy atom. The van der Waals surface area contributed by atoms with E-state index in [2.05, 4.69) is 19.2 Å². The van der Waals surface area contributed by atoms with Crippen LogP contribution in [0.4, 0.5) is 8.78 Å². The molecule has 0 spiro atoms. The summed E-state index contributed by atoms with van der Waals surface area (Å²) in [6.45, 7) is 5.51. The molecule has 0 amide bonds. The number of hydrogen-bond donors (Lipinski definition) is 1. The Labute approximate surface area is 113 Å². The van der Waals surface area contributed by atoms with Crippen molar-refractivity contribution in [1.82, 2.24) is 5.32 Å². The van der Waals surface area contributed by atoms with Gasteiger partial charge in [-0.2, -0.15) is 0 Å². The predicted molar refractivity (Wildman–Crippen MR) is 70.9 cm³/mol. The number of ether oxygens (including phenoxy) is 1. The third kappa shape index (κ3) is 3.51. The van der Waals surface area contributed by atoms with Gasteiger partial charge in [-0.25, -0.2) is 8.78 Å². The maximum absolute atomic E-state index is 13.9. The van der Waals surface area contributed by atoms with Gasteiger partial charge in [0.15, 0.2) is 11.6 Å². The molecule has 4 heteroatoms. The smallest absolute Gasteiger partial charge is 0.164 e. The van der Waals surface area contributed by atoms with Gasteiger partial charge >= 0.3 is 0 Å². The van der Waals surface area contributed by atoms with Gasteiger partial charge in [-0.1, -0.05) is 26.0 Å². The van der Waals surface area contributed by atoms with Crippen LogP contribution in [0.1, 0.15) is 38.4 Å². The third-order valence-corrected chi connectivity index (χ3v) is 3.52. The minimum absolute atomic E-state index is 0.187. The predicted octanol–water partition coefficient (Wildman–Crippen LogP) is 3.43. The molecule has 1 aliphatic rings. The van der Waals surface area contributed by atoms with Gasteiger partial charge < -0.3 is 10.1 Å². The fraction of sp³-hybridized carbons (Fsp3) is 0.600. The molecule has 2 unspecified atom stereocenters. The molecule has 1 N–H and O–H groups in total. The minimum atomic E-state index is -0.803. The highest BCUT2D eigenvalue weighted by Crippen LogP contribution is 2.35. The molecule has 0 aromatic heterocycles. The van der Waals surface area contributed by atoms with Crippen LogP contribution in [-0.4, -0.2) is 19.2 Å². The second-order valence-electron chi connectivity index (χ2n) is 5.40. The molecular formula is C15H21F2NO. The van der Waals surface area contributed by atoms with E-state index in [-0.39, 0.29) is 12.0 Å². The van der Waals surface area contributed by atoms with Crippen molar-refractivity contribution in [2.75, 3.05) is 13.2 Å². The Bertz CT molecular complexity index is 423. The lowest BCUT2D eigenvalue weighted by atomic mass is 9.89. The van der Waals surface area contributed by atoms with E-state index >= 15 is 0 Å². The number of hydrogen-bond acceptors (Lipinski definition) is 2. The molecule has 1 aliphatic heterocycles. The molecule has 2 nitrogen and oxygen atoms in total. The quantitative estimate of drug-likeness (QED) is 0.904. The van der Waals surface area contributed by atoms with E-state index in [1.54, 1.807) is 12.1 Å².